The predicted molar refractivity (Wildman–Crippen MR) is 111 cm³/mol. The number of aldehydes is 1. The molecule has 2 heterocycles. The molecule has 0 saturated heterocycles. The van der Waals surface area contributed by atoms with Gasteiger partial charge in [0.1, 0.15) is 12.4 Å². The number of pyridine rings is 1. The summed E-state index contributed by atoms with van der Waals surface area (Å²) in [5, 5.41) is 14.2. The number of aliphatic hydroxyl groups excluding tert-OH is 1. The molecule has 0 amide bonds. The second-order valence-electron chi connectivity index (χ2n) is 8.73. The minimum absolute atomic E-state index is 0.194. The summed E-state index contributed by atoms with van der Waals surface area (Å²) in [5.74, 6) is 0. The van der Waals surface area contributed by atoms with Crippen molar-refractivity contribution < 1.29 is 14.6 Å². The van der Waals surface area contributed by atoms with Crippen molar-refractivity contribution in [3.63, 3.8) is 0 Å². The molecule has 0 atom stereocenters. The molecular formula is C20H31N3O3Si. The van der Waals surface area contributed by atoms with Crippen molar-refractivity contribution in [2.24, 2.45) is 0 Å². The van der Waals surface area contributed by atoms with E-state index in [9.17, 15) is 9.90 Å². The third-order valence-corrected chi connectivity index (χ3v) is 6.92. The Morgan fingerprint density at radius 1 is 1.33 bits per heavy atom. The van der Waals surface area contributed by atoms with Gasteiger partial charge in [0.25, 0.3) is 0 Å². The zero-order valence-electron chi connectivity index (χ0n) is 16.6. The highest BCUT2D eigenvalue weighted by Crippen LogP contribution is 2.30. The third kappa shape index (κ3) is 5.18. The molecule has 7 heteroatoms. The van der Waals surface area contributed by atoms with Crippen molar-refractivity contribution in [3.05, 3.63) is 24.0 Å². The minimum atomic E-state index is -1.10. The van der Waals surface area contributed by atoms with E-state index in [0.717, 1.165) is 61.3 Å². The van der Waals surface area contributed by atoms with Crippen LogP contribution in [0.25, 0.3) is 11.0 Å². The van der Waals surface area contributed by atoms with Crippen molar-refractivity contribution in [2.75, 3.05) is 11.9 Å². The minimum Gasteiger partial charge on any atom is -0.393 e. The van der Waals surface area contributed by atoms with Gasteiger partial charge >= 0.3 is 0 Å². The molecule has 1 saturated carbocycles. The van der Waals surface area contributed by atoms with Crippen LogP contribution in [0.2, 0.25) is 25.7 Å². The van der Waals surface area contributed by atoms with Gasteiger partial charge in [0.15, 0.2) is 6.29 Å². The van der Waals surface area contributed by atoms with Crippen LogP contribution in [0, 0.1) is 0 Å². The van der Waals surface area contributed by atoms with E-state index in [4.69, 9.17) is 4.74 Å². The van der Waals surface area contributed by atoms with Gasteiger partial charge in [0.2, 0.25) is 0 Å². The first kappa shape index (κ1) is 20.0. The zero-order chi connectivity index (χ0) is 19.4. The SMILES string of the molecule is C[Si](C)(C)CCOCn1ccc2c(N[C@H]3CC[C@H](O)CC3)c(C=O)cnc21. The number of aromatic nitrogens is 2. The Hall–Kier alpha value is -1.70. The summed E-state index contributed by atoms with van der Waals surface area (Å²) in [6.07, 6.45) is 7.68. The third-order valence-electron chi connectivity index (χ3n) is 5.22. The molecule has 2 aromatic rings. The van der Waals surface area contributed by atoms with E-state index >= 15 is 0 Å². The Bertz CT molecular complexity index is 777. The standard InChI is InChI=1S/C20H31N3O3Si/c1-27(2,3)11-10-26-14-23-9-8-18-19(15(13-24)12-21-20(18)23)22-16-4-6-17(25)7-5-16/h8-9,12-13,16-17,25H,4-7,10-11,14H2,1-3H3,(H,21,22)/t16-,17-. The monoisotopic (exact) mass is 389 g/mol. The maximum absolute atomic E-state index is 11.5. The summed E-state index contributed by atoms with van der Waals surface area (Å²) in [4.78, 5) is 16.0. The van der Waals surface area contributed by atoms with Gasteiger partial charge in [-0.3, -0.25) is 4.79 Å². The first-order valence-corrected chi connectivity index (χ1v) is 13.5. The molecule has 0 aliphatic heterocycles. The first-order chi connectivity index (χ1) is 12.9. The van der Waals surface area contributed by atoms with E-state index in [0.29, 0.717) is 12.3 Å². The number of anilines is 1. The lowest BCUT2D eigenvalue weighted by Gasteiger charge is -2.27. The number of nitrogens with zero attached hydrogens (tertiary/aromatic N) is 2. The van der Waals surface area contributed by atoms with E-state index < -0.39 is 8.07 Å². The van der Waals surface area contributed by atoms with Gasteiger partial charge in [-0.2, -0.15) is 0 Å². The molecule has 27 heavy (non-hydrogen) atoms. The number of hydrogen-bond acceptors (Lipinski definition) is 5. The van der Waals surface area contributed by atoms with E-state index in [-0.39, 0.29) is 12.1 Å². The fourth-order valence-corrected chi connectivity index (χ4v) is 4.23. The number of carbonyl (C=O) groups is 1. The topological polar surface area (TPSA) is 76.4 Å². The number of hydrogen-bond donors (Lipinski definition) is 2. The molecule has 0 aromatic carbocycles. The van der Waals surface area contributed by atoms with Crippen molar-refractivity contribution in [1.29, 1.82) is 0 Å². The van der Waals surface area contributed by atoms with E-state index in [2.05, 4.69) is 29.9 Å². The molecular weight excluding hydrogens is 358 g/mol. The summed E-state index contributed by atoms with van der Waals surface area (Å²) >= 11 is 0. The highest BCUT2D eigenvalue weighted by molar-refractivity contribution is 6.76. The van der Waals surface area contributed by atoms with Crippen molar-refractivity contribution in [1.82, 2.24) is 9.55 Å². The summed E-state index contributed by atoms with van der Waals surface area (Å²) in [6.45, 7) is 8.25. The largest absolute Gasteiger partial charge is 0.393 e. The van der Waals surface area contributed by atoms with Crippen molar-refractivity contribution in [2.45, 2.75) is 70.2 Å². The molecule has 0 radical (unpaired) electrons. The molecule has 1 aliphatic carbocycles. The smallest absolute Gasteiger partial charge is 0.153 e. The van der Waals surface area contributed by atoms with Gasteiger partial charge in [-0.1, -0.05) is 19.6 Å². The number of ether oxygens (including phenoxy) is 1. The van der Waals surface area contributed by atoms with Gasteiger partial charge in [-0.15, -0.1) is 0 Å². The molecule has 1 aliphatic rings. The maximum Gasteiger partial charge on any atom is 0.153 e. The Morgan fingerprint density at radius 3 is 2.74 bits per heavy atom. The zero-order valence-corrected chi connectivity index (χ0v) is 17.6. The van der Waals surface area contributed by atoms with Crippen LogP contribution in [0.3, 0.4) is 0 Å². The van der Waals surface area contributed by atoms with Crippen LogP contribution >= 0.6 is 0 Å². The van der Waals surface area contributed by atoms with Gasteiger partial charge < -0.3 is 19.7 Å². The fraction of sp³-hybridized carbons (Fsp3) is 0.600. The molecule has 3 rings (SSSR count). The fourth-order valence-electron chi connectivity index (χ4n) is 3.47. The Balaban J connectivity index is 1.75. The summed E-state index contributed by atoms with van der Waals surface area (Å²) < 4.78 is 7.85. The lowest BCUT2D eigenvalue weighted by molar-refractivity contribution is 0.0899. The highest BCUT2D eigenvalue weighted by Gasteiger charge is 2.21. The quantitative estimate of drug-likeness (QED) is 0.407. The second kappa shape index (κ2) is 8.54. The van der Waals surface area contributed by atoms with Crippen LogP contribution in [0.4, 0.5) is 5.69 Å². The number of aliphatic hydroxyl groups is 1. The molecule has 148 valence electrons. The number of carbonyl (C=O) groups excluding carboxylic acids is 1. The van der Waals surface area contributed by atoms with Crippen molar-refractivity contribution >= 4 is 31.1 Å². The number of nitrogens with one attached hydrogen (secondary N) is 1. The lowest BCUT2D eigenvalue weighted by atomic mass is 9.92. The highest BCUT2D eigenvalue weighted by atomic mass is 28.3. The van der Waals surface area contributed by atoms with Gasteiger partial charge in [-0.05, 0) is 37.8 Å². The van der Waals surface area contributed by atoms with Crippen LogP contribution in [0.1, 0.15) is 36.0 Å². The summed E-state index contributed by atoms with van der Waals surface area (Å²) in [6, 6.07) is 3.40. The van der Waals surface area contributed by atoms with Crippen LogP contribution in [0.15, 0.2) is 18.5 Å². The van der Waals surface area contributed by atoms with Gasteiger partial charge in [0.05, 0.1) is 17.4 Å². The lowest BCUT2D eigenvalue weighted by Crippen LogP contribution is -2.28. The second-order valence-corrected chi connectivity index (χ2v) is 14.3. The number of fused-ring (bicyclic) bond motifs is 1. The van der Waals surface area contributed by atoms with Gasteiger partial charge in [-0.25, -0.2) is 4.98 Å². The van der Waals surface area contributed by atoms with E-state index in [1.807, 2.05) is 16.8 Å². The average Bonchev–Trinajstić information content (AvgIpc) is 3.03. The van der Waals surface area contributed by atoms with Crippen LogP contribution < -0.4 is 5.32 Å². The molecule has 0 unspecified atom stereocenters. The molecule has 2 N–H and O–H groups in total. The van der Waals surface area contributed by atoms with Crippen LogP contribution in [-0.2, 0) is 11.5 Å². The average molecular weight is 390 g/mol. The Kier molecular flexibility index (Phi) is 6.34. The van der Waals surface area contributed by atoms with E-state index in [1.165, 1.54) is 0 Å². The first-order valence-electron chi connectivity index (χ1n) is 9.83. The molecule has 2 aromatic heterocycles. The maximum atomic E-state index is 11.5. The molecule has 1 fully saturated rings. The van der Waals surface area contributed by atoms with Crippen molar-refractivity contribution in [3.8, 4) is 0 Å². The predicted octanol–water partition coefficient (Wildman–Crippen LogP) is 3.88. The molecule has 0 bridgehead atoms. The Labute approximate surface area is 161 Å². The Morgan fingerprint density at radius 2 is 2.07 bits per heavy atom. The molecule has 6 nitrogen and oxygen atoms in total. The van der Waals surface area contributed by atoms with Crippen LogP contribution in [0.5, 0.6) is 0 Å². The number of rotatable bonds is 8. The van der Waals surface area contributed by atoms with Gasteiger partial charge in [0, 0.05) is 38.5 Å². The summed E-state index contributed by atoms with van der Waals surface area (Å²) in [5.41, 5.74) is 2.25. The van der Waals surface area contributed by atoms with Crippen LogP contribution in [-0.4, -0.2) is 47.8 Å². The van der Waals surface area contributed by atoms with E-state index in [1.54, 1.807) is 6.20 Å². The molecule has 0 spiro atoms. The normalized spacial score (nSPS) is 20.7. The summed E-state index contributed by atoms with van der Waals surface area (Å²) in [7, 11) is -1.10.